The summed E-state index contributed by atoms with van der Waals surface area (Å²) in [4.78, 5) is 12.4. The topological polar surface area (TPSA) is 84.5 Å². The van der Waals surface area contributed by atoms with E-state index in [1.54, 1.807) is 7.11 Å². The van der Waals surface area contributed by atoms with Gasteiger partial charge in [-0.2, -0.15) is 0 Å². The van der Waals surface area contributed by atoms with E-state index >= 15 is 0 Å². The highest BCUT2D eigenvalue weighted by Gasteiger charge is 2.14. The van der Waals surface area contributed by atoms with E-state index in [0.29, 0.717) is 5.56 Å². The average molecular weight is 383 g/mol. The molecule has 1 atom stereocenters. The molecule has 0 aliphatic heterocycles. The molecule has 0 fully saturated rings. The summed E-state index contributed by atoms with van der Waals surface area (Å²) in [7, 11) is -1.85. The van der Waals surface area contributed by atoms with Crippen LogP contribution in [-0.4, -0.2) is 27.7 Å². The minimum atomic E-state index is -3.44. The monoisotopic (exact) mass is 382 g/mol. The molecule has 6 nitrogen and oxygen atoms in total. The molecule has 0 aromatic heterocycles. The van der Waals surface area contributed by atoms with Gasteiger partial charge >= 0.3 is 0 Å². The van der Waals surface area contributed by atoms with Crippen LogP contribution >= 0.6 is 11.6 Å². The number of ether oxygens (including phenoxy) is 1. The van der Waals surface area contributed by atoms with Gasteiger partial charge in [0.15, 0.2) is 0 Å². The van der Waals surface area contributed by atoms with Crippen molar-refractivity contribution in [2.24, 2.45) is 0 Å². The molecular formula is C17H19ClN2O4S. The first kappa shape index (κ1) is 19.1. The van der Waals surface area contributed by atoms with Crippen molar-refractivity contribution in [3.8, 4) is 5.75 Å². The minimum absolute atomic E-state index is 0.148. The lowest BCUT2D eigenvalue weighted by atomic mass is 10.1. The van der Waals surface area contributed by atoms with E-state index in [-0.39, 0.29) is 22.7 Å². The van der Waals surface area contributed by atoms with Crippen LogP contribution in [0.15, 0.2) is 42.5 Å². The Balaban J connectivity index is 2.10. The number of amides is 1. The van der Waals surface area contributed by atoms with E-state index in [1.165, 1.54) is 18.2 Å². The van der Waals surface area contributed by atoms with Crippen molar-refractivity contribution in [1.29, 1.82) is 0 Å². The lowest BCUT2D eigenvalue weighted by molar-refractivity contribution is 0.0940. The predicted octanol–water partition coefficient (Wildman–Crippen LogP) is 3.21. The molecule has 0 bridgehead atoms. The SMILES string of the molecule is COc1ccc([C@H](C)NC(=O)c2ccc(NS(C)(=O)=O)c(Cl)c2)cc1. The van der Waals surface area contributed by atoms with Gasteiger partial charge in [-0.1, -0.05) is 23.7 Å². The maximum atomic E-state index is 12.4. The molecule has 0 aliphatic rings. The molecule has 0 aliphatic carbocycles. The number of halogens is 1. The van der Waals surface area contributed by atoms with Crippen molar-refractivity contribution in [2.45, 2.75) is 13.0 Å². The number of carbonyl (C=O) groups is 1. The molecule has 2 rings (SSSR count). The summed E-state index contributed by atoms with van der Waals surface area (Å²) in [5, 5.41) is 3.02. The first-order valence-corrected chi connectivity index (χ1v) is 9.68. The van der Waals surface area contributed by atoms with Gasteiger partial charge in [-0.05, 0) is 42.8 Å². The zero-order valence-electron chi connectivity index (χ0n) is 14.0. The number of carbonyl (C=O) groups excluding carboxylic acids is 1. The van der Waals surface area contributed by atoms with E-state index in [9.17, 15) is 13.2 Å². The van der Waals surface area contributed by atoms with Crippen LogP contribution in [-0.2, 0) is 10.0 Å². The first-order chi connectivity index (χ1) is 11.7. The van der Waals surface area contributed by atoms with E-state index in [1.807, 2.05) is 31.2 Å². The maximum absolute atomic E-state index is 12.4. The zero-order valence-corrected chi connectivity index (χ0v) is 15.6. The third kappa shape index (κ3) is 5.37. The van der Waals surface area contributed by atoms with Gasteiger partial charge in [0.1, 0.15) is 5.75 Å². The van der Waals surface area contributed by atoms with Gasteiger partial charge in [-0.3, -0.25) is 9.52 Å². The lowest BCUT2D eigenvalue weighted by Gasteiger charge is -2.15. The fourth-order valence-electron chi connectivity index (χ4n) is 2.19. The smallest absolute Gasteiger partial charge is 0.251 e. The number of sulfonamides is 1. The molecule has 134 valence electrons. The largest absolute Gasteiger partial charge is 0.497 e. The van der Waals surface area contributed by atoms with Crippen LogP contribution in [0, 0.1) is 0 Å². The van der Waals surface area contributed by atoms with Gasteiger partial charge in [0, 0.05) is 5.56 Å². The summed E-state index contributed by atoms with van der Waals surface area (Å²) in [5.74, 6) is 0.430. The van der Waals surface area contributed by atoms with Crippen LogP contribution in [0.3, 0.4) is 0 Å². The highest BCUT2D eigenvalue weighted by atomic mass is 35.5. The second-order valence-corrected chi connectivity index (χ2v) is 7.69. The van der Waals surface area contributed by atoms with Crippen LogP contribution in [0.1, 0.15) is 28.9 Å². The Morgan fingerprint density at radius 2 is 1.80 bits per heavy atom. The Morgan fingerprint density at radius 3 is 2.32 bits per heavy atom. The van der Waals surface area contributed by atoms with Gasteiger partial charge in [0.2, 0.25) is 10.0 Å². The van der Waals surface area contributed by atoms with Crippen molar-refractivity contribution >= 4 is 33.2 Å². The fourth-order valence-corrected chi connectivity index (χ4v) is 3.06. The summed E-state index contributed by atoms with van der Waals surface area (Å²) in [6.45, 7) is 1.86. The Bertz CT molecular complexity index is 867. The van der Waals surface area contributed by atoms with Crippen molar-refractivity contribution < 1.29 is 17.9 Å². The van der Waals surface area contributed by atoms with Crippen molar-refractivity contribution in [2.75, 3.05) is 18.1 Å². The number of hydrogen-bond donors (Lipinski definition) is 2. The average Bonchev–Trinajstić information content (AvgIpc) is 2.55. The lowest BCUT2D eigenvalue weighted by Crippen LogP contribution is -2.26. The Morgan fingerprint density at radius 1 is 1.16 bits per heavy atom. The van der Waals surface area contributed by atoms with Crippen molar-refractivity contribution in [3.63, 3.8) is 0 Å². The molecule has 2 aromatic carbocycles. The number of rotatable bonds is 6. The molecule has 2 N–H and O–H groups in total. The first-order valence-electron chi connectivity index (χ1n) is 7.42. The normalized spacial score (nSPS) is 12.3. The molecule has 0 saturated carbocycles. The maximum Gasteiger partial charge on any atom is 0.251 e. The predicted molar refractivity (Wildman–Crippen MR) is 98.8 cm³/mol. The standard InChI is InChI=1S/C17H19ClN2O4S/c1-11(12-4-7-14(24-2)8-5-12)19-17(21)13-6-9-16(15(18)10-13)20-25(3,22)23/h4-11,20H,1-3H3,(H,19,21)/t11-/m0/s1. The van der Waals surface area contributed by atoms with Crippen LogP contribution in [0.5, 0.6) is 5.75 Å². The molecule has 1 amide bonds. The Hall–Kier alpha value is -2.25. The number of benzene rings is 2. The summed E-state index contributed by atoms with van der Waals surface area (Å²) in [6, 6.07) is 11.6. The molecule has 0 heterocycles. The minimum Gasteiger partial charge on any atom is -0.497 e. The zero-order chi connectivity index (χ0) is 18.6. The quantitative estimate of drug-likeness (QED) is 0.803. The summed E-state index contributed by atoms with van der Waals surface area (Å²) in [6.07, 6.45) is 1.03. The molecule has 8 heteroatoms. The molecule has 0 radical (unpaired) electrons. The van der Waals surface area contributed by atoms with E-state index in [4.69, 9.17) is 16.3 Å². The van der Waals surface area contributed by atoms with Gasteiger partial charge in [0.25, 0.3) is 5.91 Å². The highest BCUT2D eigenvalue weighted by molar-refractivity contribution is 7.92. The summed E-state index contributed by atoms with van der Waals surface area (Å²) in [5.41, 5.74) is 1.49. The Kier molecular flexibility index (Phi) is 5.92. The van der Waals surface area contributed by atoms with Crippen LogP contribution in [0.2, 0.25) is 5.02 Å². The van der Waals surface area contributed by atoms with E-state index in [0.717, 1.165) is 17.6 Å². The molecule has 0 saturated heterocycles. The van der Waals surface area contributed by atoms with Gasteiger partial charge < -0.3 is 10.1 Å². The molecule has 2 aromatic rings. The van der Waals surface area contributed by atoms with Gasteiger partial charge in [-0.25, -0.2) is 8.42 Å². The highest BCUT2D eigenvalue weighted by Crippen LogP contribution is 2.24. The molecule has 0 unspecified atom stereocenters. The summed E-state index contributed by atoms with van der Waals surface area (Å²) < 4.78 is 29.9. The Labute approximate surface area is 152 Å². The van der Waals surface area contributed by atoms with Crippen molar-refractivity contribution in [1.82, 2.24) is 5.32 Å². The number of methoxy groups -OCH3 is 1. The molecule has 0 spiro atoms. The number of nitrogens with one attached hydrogen (secondary N) is 2. The second kappa shape index (κ2) is 7.76. The summed E-state index contributed by atoms with van der Waals surface area (Å²) >= 11 is 6.05. The fraction of sp³-hybridized carbons (Fsp3) is 0.235. The second-order valence-electron chi connectivity index (χ2n) is 5.54. The van der Waals surface area contributed by atoms with Crippen molar-refractivity contribution in [3.05, 3.63) is 58.6 Å². The van der Waals surface area contributed by atoms with E-state index < -0.39 is 10.0 Å². The third-order valence-corrected chi connectivity index (χ3v) is 4.39. The molecular weight excluding hydrogens is 364 g/mol. The van der Waals surface area contributed by atoms with E-state index in [2.05, 4.69) is 10.0 Å². The van der Waals surface area contributed by atoms with Crippen LogP contribution in [0.4, 0.5) is 5.69 Å². The number of anilines is 1. The number of hydrogen-bond acceptors (Lipinski definition) is 4. The van der Waals surface area contributed by atoms with Gasteiger partial charge in [-0.15, -0.1) is 0 Å². The molecule has 25 heavy (non-hydrogen) atoms. The third-order valence-electron chi connectivity index (χ3n) is 3.49. The van der Waals surface area contributed by atoms with Gasteiger partial charge in [0.05, 0.1) is 30.1 Å². The van der Waals surface area contributed by atoms with Crippen LogP contribution in [0.25, 0.3) is 0 Å². The van der Waals surface area contributed by atoms with Crippen LogP contribution < -0.4 is 14.8 Å².